The highest BCUT2D eigenvalue weighted by atomic mass is 16.5. The molecule has 0 bridgehead atoms. The van der Waals surface area contributed by atoms with E-state index in [-0.39, 0.29) is 23.6 Å². The first-order valence-electron chi connectivity index (χ1n) is 20.7. The Morgan fingerprint density at radius 3 is 2.48 bits per heavy atom. The smallest absolute Gasteiger partial charge is 0.257 e. The molecule has 4 fully saturated rings. The van der Waals surface area contributed by atoms with Gasteiger partial charge in [-0.2, -0.15) is 10.4 Å². The van der Waals surface area contributed by atoms with Crippen molar-refractivity contribution in [2.45, 2.75) is 76.2 Å². The number of imide groups is 1. The topological polar surface area (TPSA) is 158 Å². The fourth-order valence-electron chi connectivity index (χ4n) is 9.98. The number of nitriles is 1. The van der Waals surface area contributed by atoms with Crippen LogP contribution in [0.15, 0.2) is 67.4 Å². The molecule has 58 heavy (non-hydrogen) atoms. The van der Waals surface area contributed by atoms with Gasteiger partial charge in [0.2, 0.25) is 11.8 Å². The van der Waals surface area contributed by atoms with Gasteiger partial charge in [0.25, 0.3) is 5.91 Å². The molecule has 0 radical (unpaired) electrons. The molecule has 3 aromatic heterocycles. The summed E-state index contributed by atoms with van der Waals surface area (Å²) in [6.45, 7) is 5.54. The van der Waals surface area contributed by atoms with E-state index >= 15 is 0 Å². The lowest BCUT2D eigenvalue weighted by molar-refractivity contribution is -0.134. The summed E-state index contributed by atoms with van der Waals surface area (Å²) in [4.78, 5) is 51.3. The van der Waals surface area contributed by atoms with Gasteiger partial charge in [-0.1, -0.05) is 12.1 Å². The number of ether oxygens (including phenoxy) is 1. The van der Waals surface area contributed by atoms with Gasteiger partial charge in [-0.25, -0.2) is 0 Å². The standard InChI is InChI=1S/C45H49N9O4/c1-58-41-21-38-32(20-39(41)49-43(56)31-19-30(22-46)23-47-24-31)28-54(51-38)33-7-5-29(6-8-33)27-52-15-11-45(12-16-52)13-17-53(18-14-45)40-4-2-3-34-36(25-48-26-37(34)40)35-9-10-42(55)50-44(35)57/h2-4,19-21,23-26,28-29,33,35H,5-18,27H2,1H3,(H,49,56)(H,50,55,57). The number of likely N-dealkylation sites (tertiary alicyclic amines) is 1. The number of fused-ring (bicyclic) bond motifs is 2. The number of nitrogens with one attached hydrogen (secondary N) is 2. The fraction of sp³-hybridized carbons (Fsp3) is 0.444. The molecule has 3 saturated heterocycles. The van der Waals surface area contributed by atoms with Crippen molar-refractivity contribution >= 4 is 50.8 Å². The number of carbonyl (C=O) groups excluding carboxylic acids is 3. The Morgan fingerprint density at radius 2 is 1.72 bits per heavy atom. The van der Waals surface area contributed by atoms with Crippen LogP contribution in [0.25, 0.3) is 21.7 Å². The second kappa shape index (κ2) is 15.8. The van der Waals surface area contributed by atoms with Crippen molar-refractivity contribution in [3.8, 4) is 11.8 Å². The summed E-state index contributed by atoms with van der Waals surface area (Å²) in [5.41, 5.74) is 4.50. The molecule has 3 aliphatic heterocycles. The first kappa shape index (κ1) is 37.7. The Morgan fingerprint density at radius 1 is 0.948 bits per heavy atom. The monoisotopic (exact) mass is 779 g/mol. The van der Waals surface area contributed by atoms with Crippen LogP contribution in [0.4, 0.5) is 11.4 Å². The average molecular weight is 780 g/mol. The number of hydrogen-bond acceptors (Lipinski definition) is 10. The molecule has 4 aliphatic rings. The van der Waals surface area contributed by atoms with E-state index in [1.165, 1.54) is 82.3 Å². The summed E-state index contributed by atoms with van der Waals surface area (Å²) in [7, 11) is 1.58. The van der Waals surface area contributed by atoms with E-state index in [1.54, 1.807) is 13.3 Å². The maximum absolute atomic E-state index is 13.0. The Labute approximate surface area is 337 Å². The van der Waals surface area contributed by atoms with E-state index in [1.807, 2.05) is 24.4 Å². The maximum Gasteiger partial charge on any atom is 0.257 e. The van der Waals surface area contributed by atoms with E-state index in [0.717, 1.165) is 53.2 Å². The van der Waals surface area contributed by atoms with Crippen LogP contribution in [0.2, 0.25) is 0 Å². The first-order valence-corrected chi connectivity index (χ1v) is 20.7. The first-order chi connectivity index (χ1) is 28.3. The summed E-state index contributed by atoms with van der Waals surface area (Å²) in [5.74, 6) is 0.0873. The highest BCUT2D eigenvalue weighted by Gasteiger charge is 2.39. The number of carbonyl (C=O) groups is 3. The molecular formula is C45H49N9O4. The lowest BCUT2D eigenvalue weighted by atomic mass is 9.71. The predicted octanol–water partition coefficient (Wildman–Crippen LogP) is 6.75. The van der Waals surface area contributed by atoms with Crippen LogP contribution in [0.5, 0.6) is 5.75 Å². The number of rotatable bonds is 8. The molecule has 13 heteroatoms. The number of piperidine rings is 3. The normalized spacial score (nSPS) is 22.5. The van der Waals surface area contributed by atoms with Crippen LogP contribution in [-0.4, -0.2) is 82.2 Å². The van der Waals surface area contributed by atoms with Crippen LogP contribution >= 0.6 is 0 Å². The van der Waals surface area contributed by atoms with Crippen LogP contribution in [0.1, 0.15) is 97.7 Å². The molecule has 1 saturated carbocycles. The van der Waals surface area contributed by atoms with Crippen molar-refractivity contribution in [3.63, 3.8) is 0 Å². The van der Waals surface area contributed by atoms with Gasteiger partial charge in [-0.05, 0) is 111 Å². The molecule has 5 aromatic rings. The zero-order valence-corrected chi connectivity index (χ0v) is 33.0. The zero-order chi connectivity index (χ0) is 39.8. The van der Waals surface area contributed by atoms with Gasteiger partial charge in [0, 0.05) is 79.6 Å². The summed E-state index contributed by atoms with van der Waals surface area (Å²) >= 11 is 0. The van der Waals surface area contributed by atoms with E-state index in [9.17, 15) is 19.6 Å². The third-order valence-corrected chi connectivity index (χ3v) is 13.4. The number of amides is 3. The van der Waals surface area contributed by atoms with Gasteiger partial charge >= 0.3 is 0 Å². The molecule has 1 unspecified atom stereocenters. The van der Waals surface area contributed by atoms with Crippen molar-refractivity contribution < 1.29 is 19.1 Å². The molecule has 2 aromatic carbocycles. The third kappa shape index (κ3) is 7.49. The van der Waals surface area contributed by atoms with Crippen LogP contribution in [-0.2, 0) is 9.59 Å². The Bertz CT molecular complexity index is 2410. The lowest BCUT2D eigenvalue weighted by Gasteiger charge is -2.48. The van der Waals surface area contributed by atoms with Crippen molar-refractivity contribution in [2.24, 2.45) is 11.3 Å². The Balaban J connectivity index is 0.768. The molecule has 6 heterocycles. The number of hydrogen-bond donors (Lipinski definition) is 2. The SMILES string of the molecule is COc1cc2nn(C3CCC(CN4CCC5(CC4)CCN(c4cccc6c(C7CCC(=O)NC7=O)cncc46)CC5)CC3)cc2cc1NC(=O)c1cncc(C#N)c1. The molecule has 2 N–H and O–H groups in total. The number of methoxy groups -OCH3 is 1. The van der Waals surface area contributed by atoms with Gasteiger partial charge in [-0.3, -0.25) is 34.4 Å². The second-order valence-corrected chi connectivity index (χ2v) is 16.8. The number of nitrogens with zero attached hydrogens (tertiary/aromatic N) is 7. The highest BCUT2D eigenvalue weighted by Crippen LogP contribution is 2.44. The summed E-state index contributed by atoms with van der Waals surface area (Å²) in [5, 5.41) is 22.7. The summed E-state index contributed by atoms with van der Waals surface area (Å²) in [6, 6.07) is 14.0. The third-order valence-electron chi connectivity index (χ3n) is 13.4. The van der Waals surface area contributed by atoms with Gasteiger partial charge < -0.3 is 19.9 Å². The van der Waals surface area contributed by atoms with Crippen LogP contribution in [0, 0.1) is 22.7 Å². The molecule has 1 atom stereocenters. The largest absolute Gasteiger partial charge is 0.494 e. The summed E-state index contributed by atoms with van der Waals surface area (Å²) < 4.78 is 7.72. The van der Waals surface area contributed by atoms with Crippen molar-refractivity contribution in [2.75, 3.05) is 50.1 Å². The van der Waals surface area contributed by atoms with Gasteiger partial charge in [-0.15, -0.1) is 0 Å². The molecule has 9 rings (SSSR count). The van der Waals surface area contributed by atoms with E-state index < -0.39 is 0 Å². The van der Waals surface area contributed by atoms with Gasteiger partial charge in [0.1, 0.15) is 11.8 Å². The van der Waals surface area contributed by atoms with E-state index in [2.05, 4.69) is 59.5 Å². The predicted molar refractivity (Wildman–Crippen MR) is 221 cm³/mol. The minimum atomic E-state index is -0.360. The Kier molecular flexibility index (Phi) is 10.3. The highest BCUT2D eigenvalue weighted by molar-refractivity contribution is 6.06. The number of aromatic nitrogens is 4. The van der Waals surface area contributed by atoms with Crippen molar-refractivity contribution in [3.05, 3.63) is 84.1 Å². The molecule has 298 valence electrons. The fourth-order valence-corrected chi connectivity index (χ4v) is 9.98. The molecule has 3 amide bonds. The second-order valence-electron chi connectivity index (χ2n) is 16.8. The van der Waals surface area contributed by atoms with Crippen LogP contribution in [0.3, 0.4) is 0 Å². The molecular weight excluding hydrogens is 731 g/mol. The number of pyridine rings is 2. The summed E-state index contributed by atoms with van der Waals surface area (Å²) in [6.07, 6.45) is 19.0. The quantitative estimate of drug-likeness (QED) is 0.162. The van der Waals surface area contributed by atoms with Gasteiger partial charge in [0.15, 0.2) is 0 Å². The number of benzene rings is 2. The minimum Gasteiger partial charge on any atom is -0.494 e. The van der Waals surface area contributed by atoms with Crippen molar-refractivity contribution in [1.82, 2.24) is 30.0 Å². The Hall–Kier alpha value is -5.87. The van der Waals surface area contributed by atoms with Gasteiger partial charge in [0.05, 0.1) is 41.4 Å². The average Bonchev–Trinajstić information content (AvgIpc) is 3.67. The number of anilines is 2. The van der Waals surface area contributed by atoms with Crippen molar-refractivity contribution in [1.29, 1.82) is 5.26 Å². The van der Waals surface area contributed by atoms with E-state index in [0.29, 0.717) is 52.8 Å². The molecule has 1 aliphatic carbocycles. The van der Waals surface area contributed by atoms with Crippen LogP contribution < -0.4 is 20.3 Å². The molecule has 1 spiro atoms. The van der Waals surface area contributed by atoms with E-state index in [4.69, 9.17) is 9.84 Å². The molecule has 13 nitrogen and oxygen atoms in total. The lowest BCUT2D eigenvalue weighted by Crippen LogP contribution is -2.48. The maximum atomic E-state index is 13.0. The zero-order valence-electron chi connectivity index (χ0n) is 33.0. The minimum absolute atomic E-state index is 0.198.